The van der Waals surface area contributed by atoms with Crippen LogP contribution in [-0.2, 0) is 17.7 Å². The van der Waals surface area contributed by atoms with E-state index < -0.39 is 6.43 Å². The summed E-state index contributed by atoms with van der Waals surface area (Å²) < 4.78 is 46.6. The Kier molecular flexibility index (Phi) is 6.49. The maximum absolute atomic E-state index is 13.7. The Morgan fingerprint density at radius 1 is 1.21 bits per heavy atom. The number of amides is 1. The summed E-state index contributed by atoms with van der Waals surface area (Å²) in [5.74, 6) is 0.163. The Balaban J connectivity index is 1.34. The Bertz CT molecular complexity index is 1510. The number of anilines is 2. The second kappa shape index (κ2) is 10.1. The molecule has 1 fully saturated rings. The third kappa shape index (κ3) is 4.60. The number of pyridine rings is 2. The maximum atomic E-state index is 13.7. The fourth-order valence-electron chi connectivity index (χ4n) is 5.34. The van der Waals surface area contributed by atoms with Gasteiger partial charge in [-0.05, 0) is 48.6 Å². The smallest absolute Gasteiger partial charge is 0.254 e. The molecule has 0 bridgehead atoms. The average Bonchev–Trinajstić information content (AvgIpc) is 3.65. The number of aromatic nitrogens is 3. The standard InChI is InChI=1S/C28H26F3N5O2/c29-17-8-10-36-23(14-32-26(36)12-17)19-4-6-22(27-20(19)13-33-28(27)37)35-25-7-5-18(16-9-11-38-15-16)21(34-25)2-1-3-24(30)31/h4-8,10,12,14,16,24H,1-3,9,11,13,15H2,(H,33,37)(H,34,35)/t16-/m1/s1. The van der Waals surface area contributed by atoms with E-state index in [4.69, 9.17) is 9.72 Å². The van der Waals surface area contributed by atoms with E-state index in [1.54, 1.807) is 16.8 Å². The van der Waals surface area contributed by atoms with Crippen molar-refractivity contribution in [2.75, 3.05) is 18.5 Å². The van der Waals surface area contributed by atoms with Crippen LogP contribution in [0.25, 0.3) is 16.9 Å². The molecule has 6 rings (SSSR count). The van der Waals surface area contributed by atoms with E-state index in [2.05, 4.69) is 15.6 Å². The molecule has 4 aromatic rings. The molecule has 0 saturated carbocycles. The fraction of sp³-hybridized carbons (Fsp3) is 0.321. The lowest BCUT2D eigenvalue weighted by atomic mass is 9.94. The molecule has 7 nitrogen and oxygen atoms in total. The van der Waals surface area contributed by atoms with Crippen LogP contribution in [0.5, 0.6) is 0 Å². The monoisotopic (exact) mass is 521 g/mol. The van der Waals surface area contributed by atoms with Crippen LogP contribution >= 0.6 is 0 Å². The van der Waals surface area contributed by atoms with Crippen LogP contribution in [0.4, 0.5) is 24.7 Å². The highest BCUT2D eigenvalue weighted by Gasteiger charge is 2.28. The van der Waals surface area contributed by atoms with Crippen molar-refractivity contribution in [3.63, 3.8) is 0 Å². The first kappa shape index (κ1) is 24.4. The molecular formula is C28H26F3N5O2. The second-order valence-electron chi connectivity index (χ2n) is 9.61. The van der Waals surface area contributed by atoms with Gasteiger partial charge in [0, 0.05) is 49.0 Å². The van der Waals surface area contributed by atoms with Crippen LogP contribution in [0.1, 0.15) is 52.4 Å². The molecule has 2 aliphatic heterocycles. The number of carbonyl (C=O) groups excluding carboxylic acids is 1. The minimum Gasteiger partial charge on any atom is -0.381 e. The summed E-state index contributed by atoms with van der Waals surface area (Å²) in [7, 11) is 0. The molecule has 1 amide bonds. The molecule has 0 spiro atoms. The number of carbonyl (C=O) groups is 1. The topological polar surface area (TPSA) is 80.6 Å². The van der Waals surface area contributed by atoms with Crippen molar-refractivity contribution in [2.45, 2.75) is 44.6 Å². The molecule has 196 valence electrons. The van der Waals surface area contributed by atoms with Crippen molar-refractivity contribution in [1.29, 1.82) is 0 Å². The van der Waals surface area contributed by atoms with Crippen molar-refractivity contribution < 1.29 is 22.7 Å². The number of ether oxygens (including phenoxy) is 1. The lowest BCUT2D eigenvalue weighted by Crippen LogP contribution is -2.14. The van der Waals surface area contributed by atoms with Gasteiger partial charge in [-0.3, -0.25) is 9.20 Å². The van der Waals surface area contributed by atoms with E-state index in [9.17, 15) is 18.0 Å². The Labute approximate surface area is 217 Å². The molecule has 38 heavy (non-hydrogen) atoms. The second-order valence-corrected chi connectivity index (χ2v) is 9.61. The van der Waals surface area contributed by atoms with Gasteiger partial charge >= 0.3 is 0 Å². The number of hydrogen-bond acceptors (Lipinski definition) is 5. The molecule has 2 N–H and O–H groups in total. The number of nitrogens with one attached hydrogen (secondary N) is 2. The van der Waals surface area contributed by atoms with Gasteiger partial charge in [0.2, 0.25) is 6.43 Å². The minimum absolute atomic E-state index is 0.176. The van der Waals surface area contributed by atoms with Crippen molar-refractivity contribution in [1.82, 2.24) is 19.7 Å². The molecule has 1 atom stereocenters. The number of imidazole rings is 1. The summed E-state index contributed by atoms with van der Waals surface area (Å²) in [5, 5.41) is 6.18. The van der Waals surface area contributed by atoms with Crippen LogP contribution < -0.4 is 10.6 Å². The number of benzene rings is 1. The highest BCUT2D eigenvalue weighted by Crippen LogP contribution is 2.36. The average molecular weight is 522 g/mol. The highest BCUT2D eigenvalue weighted by molar-refractivity contribution is 6.06. The number of alkyl halides is 2. The summed E-state index contributed by atoms with van der Waals surface area (Å²) in [5.41, 5.74) is 5.77. The van der Waals surface area contributed by atoms with E-state index in [1.165, 1.54) is 12.1 Å². The number of aryl methyl sites for hydroxylation is 1. The third-order valence-electron chi connectivity index (χ3n) is 7.19. The van der Waals surface area contributed by atoms with Gasteiger partial charge in [-0.15, -0.1) is 0 Å². The maximum Gasteiger partial charge on any atom is 0.254 e. The molecule has 10 heteroatoms. The molecule has 0 aliphatic carbocycles. The SMILES string of the molecule is O=C1NCc2c(-c3cnc4cc(F)ccn34)ccc(Nc3ccc([C@@H]4CCOC4)c(CCCC(F)F)n3)c21. The van der Waals surface area contributed by atoms with Crippen LogP contribution in [0, 0.1) is 5.82 Å². The van der Waals surface area contributed by atoms with Crippen molar-refractivity contribution in [2.24, 2.45) is 0 Å². The quantitative estimate of drug-likeness (QED) is 0.315. The number of halogens is 3. The number of rotatable bonds is 8. The van der Waals surface area contributed by atoms with Crippen LogP contribution in [0.15, 0.2) is 48.8 Å². The van der Waals surface area contributed by atoms with Gasteiger partial charge in [0.25, 0.3) is 5.91 Å². The molecule has 0 unspecified atom stereocenters. The predicted molar refractivity (Wildman–Crippen MR) is 136 cm³/mol. The van der Waals surface area contributed by atoms with E-state index in [1.807, 2.05) is 24.3 Å². The molecule has 5 heterocycles. The van der Waals surface area contributed by atoms with Crippen LogP contribution in [-0.4, -0.2) is 39.9 Å². The summed E-state index contributed by atoms with van der Waals surface area (Å²) >= 11 is 0. The summed E-state index contributed by atoms with van der Waals surface area (Å²) in [6, 6.07) is 10.3. The lowest BCUT2D eigenvalue weighted by molar-refractivity contribution is 0.0966. The van der Waals surface area contributed by atoms with Gasteiger partial charge in [0.1, 0.15) is 17.3 Å². The van der Waals surface area contributed by atoms with Crippen molar-refractivity contribution in [3.05, 3.63) is 77.0 Å². The largest absolute Gasteiger partial charge is 0.381 e. The Morgan fingerprint density at radius 2 is 2.11 bits per heavy atom. The molecule has 2 aliphatic rings. The normalized spacial score (nSPS) is 16.8. The van der Waals surface area contributed by atoms with Crippen molar-refractivity contribution in [3.8, 4) is 11.3 Å². The first-order chi connectivity index (χ1) is 18.5. The minimum atomic E-state index is -2.35. The molecule has 1 saturated heterocycles. The van der Waals surface area contributed by atoms with E-state index in [-0.39, 0.29) is 24.1 Å². The molecular weight excluding hydrogens is 495 g/mol. The zero-order valence-electron chi connectivity index (χ0n) is 20.5. The van der Waals surface area contributed by atoms with E-state index >= 15 is 0 Å². The van der Waals surface area contributed by atoms with Gasteiger partial charge in [0.15, 0.2) is 0 Å². The third-order valence-corrected chi connectivity index (χ3v) is 7.19. The predicted octanol–water partition coefficient (Wildman–Crippen LogP) is 5.61. The molecule has 0 radical (unpaired) electrons. The highest BCUT2D eigenvalue weighted by atomic mass is 19.3. The van der Waals surface area contributed by atoms with Gasteiger partial charge in [-0.2, -0.15) is 0 Å². The fourth-order valence-corrected chi connectivity index (χ4v) is 5.34. The zero-order chi connectivity index (χ0) is 26.2. The molecule has 1 aromatic carbocycles. The first-order valence-corrected chi connectivity index (χ1v) is 12.7. The number of nitrogens with zero attached hydrogens (tertiary/aromatic N) is 3. The lowest BCUT2D eigenvalue weighted by Gasteiger charge is -2.17. The van der Waals surface area contributed by atoms with Gasteiger partial charge < -0.3 is 15.4 Å². The zero-order valence-corrected chi connectivity index (χ0v) is 20.5. The molecule has 3 aromatic heterocycles. The van der Waals surface area contributed by atoms with Crippen LogP contribution in [0.3, 0.4) is 0 Å². The van der Waals surface area contributed by atoms with Crippen LogP contribution in [0.2, 0.25) is 0 Å². The Morgan fingerprint density at radius 3 is 2.92 bits per heavy atom. The summed E-state index contributed by atoms with van der Waals surface area (Å²) in [6.45, 7) is 1.62. The van der Waals surface area contributed by atoms with E-state index in [0.717, 1.165) is 34.5 Å². The number of fused-ring (bicyclic) bond motifs is 2. The Hall–Kier alpha value is -3.92. The van der Waals surface area contributed by atoms with Crippen molar-refractivity contribution >= 4 is 23.1 Å². The first-order valence-electron chi connectivity index (χ1n) is 12.7. The van der Waals surface area contributed by atoms with Gasteiger partial charge in [0.05, 0.1) is 29.7 Å². The van der Waals surface area contributed by atoms with E-state index in [0.29, 0.717) is 55.3 Å². The van der Waals surface area contributed by atoms with Gasteiger partial charge in [-0.25, -0.2) is 23.1 Å². The summed E-state index contributed by atoms with van der Waals surface area (Å²) in [4.78, 5) is 22.0. The van der Waals surface area contributed by atoms with Gasteiger partial charge in [-0.1, -0.05) is 12.1 Å². The summed E-state index contributed by atoms with van der Waals surface area (Å²) in [6.07, 6.45) is 2.42. The number of hydrogen-bond donors (Lipinski definition) is 2.